The topological polar surface area (TPSA) is 69.0 Å². The average molecular weight is 485 g/mol. The number of hydrogen-bond donors (Lipinski definition) is 1. The number of hydrogen-bond acceptors (Lipinski definition) is 5. The second-order valence-electron chi connectivity index (χ2n) is 8.67. The van der Waals surface area contributed by atoms with Crippen molar-refractivity contribution in [3.05, 3.63) is 71.0 Å². The summed E-state index contributed by atoms with van der Waals surface area (Å²) in [6, 6.07) is 17.9. The molecule has 0 aliphatic heterocycles. The van der Waals surface area contributed by atoms with Gasteiger partial charge in [-0.3, -0.25) is 9.36 Å². The Morgan fingerprint density at radius 2 is 1.88 bits per heavy atom. The summed E-state index contributed by atoms with van der Waals surface area (Å²) in [5.41, 5.74) is 1.13. The lowest BCUT2D eigenvalue weighted by molar-refractivity contribution is -0.119. The van der Waals surface area contributed by atoms with Crippen molar-refractivity contribution in [3.8, 4) is 5.75 Å². The summed E-state index contributed by atoms with van der Waals surface area (Å²) in [7, 11) is 0. The van der Waals surface area contributed by atoms with E-state index >= 15 is 0 Å². The number of para-hydroxylation sites is 1. The molecular formula is C25H29ClN4O2S. The van der Waals surface area contributed by atoms with Crippen LogP contribution in [-0.4, -0.2) is 26.4 Å². The molecule has 0 radical (unpaired) electrons. The van der Waals surface area contributed by atoms with E-state index in [-0.39, 0.29) is 24.3 Å². The first-order valence-corrected chi connectivity index (χ1v) is 12.7. The molecule has 6 nitrogen and oxygen atoms in total. The van der Waals surface area contributed by atoms with E-state index < -0.39 is 0 Å². The van der Waals surface area contributed by atoms with Crippen molar-refractivity contribution in [1.29, 1.82) is 0 Å². The van der Waals surface area contributed by atoms with Crippen LogP contribution in [0.2, 0.25) is 5.02 Å². The Labute approximate surface area is 204 Å². The van der Waals surface area contributed by atoms with Crippen molar-refractivity contribution in [1.82, 2.24) is 20.1 Å². The number of benzene rings is 2. The predicted molar refractivity (Wildman–Crippen MR) is 132 cm³/mol. The number of amides is 1. The maximum absolute atomic E-state index is 12.8. The third kappa shape index (κ3) is 6.51. The summed E-state index contributed by atoms with van der Waals surface area (Å²) in [4.78, 5) is 12.8. The van der Waals surface area contributed by atoms with Crippen LogP contribution in [0.15, 0.2) is 59.8 Å². The second-order valence-corrected chi connectivity index (χ2v) is 10.0. The van der Waals surface area contributed by atoms with E-state index in [9.17, 15) is 4.79 Å². The molecule has 174 valence electrons. The van der Waals surface area contributed by atoms with Crippen LogP contribution in [0.5, 0.6) is 5.75 Å². The molecule has 1 fully saturated rings. The summed E-state index contributed by atoms with van der Waals surface area (Å²) in [5.74, 6) is 2.13. The van der Waals surface area contributed by atoms with Crippen LogP contribution in [0.1, 0.15) is 56.6 Å². The number of nitrogens with one attached hydrogen (secondary N) is 1. The van der Waals surface area contributed by atoms with Gasteiger partial charge in [-0.2, -0.15) is 0 Å². The Hall–Kier alpha value is -2.51. The Bertz CT molecular complexity index is 1070. The monoisotopic (exact) mass is 484 g/mol. The lowest BCUT2D eigenvalue weighted by atomic mass is 9.97. The number of thioether (sulfide) groups is 1. The SMILES string of the molecule is CC(C)CC(NC(=O)CSc1nnc(COc2ccccc2Cl)n1C1CC1)c1ccccc1. The molecule has 1 aliphatic rings. The normalized spacial score (nSPS) is 14.3. The summed E-state index contributed by atoms with van der Waals surface area (Å²) >= 11 is 7.62. The highest BCUT2D eigenvalue weighted by Gasteiger charge is 2.30. The van der Waals surface area contributed by atoms with Gasteiger partial charge in [-0.25, -0.2) is 0 Å². The first kappa shape index (κ1) is 23.6. The lowest BCUT2D eigenvalue weighted by Gasteiger charge is -2.21. The third-order valence-electron chi connectivity index (χ3n) is 5.42. The fourth-order valence-corrected chi connectivity index (χ4v) is 4.73. The third-order valence-corrected chi connectivity index (χ3v) is 6.67. The number of aromatic nitrogens is 3. The van der Waals surface area contributed by atoms with E-state index in [0.29, 0.717) is 22.7 Å². The van der Waals surface area contributed by atoms with Crippen molar-refractivity contribution >= 4 is 29.3 Å². The number of carbonyl (C=O) groups excluding carboxylic acids is 1. The zero-order valence-electron chi connectivity index (χ0n) is 18.9. The summed E-state index contributed by atoms with van der Waals surface area (Å²) < 4.78 is 7.98. The van der Waals surface area contributed by atoms with Crippen LogP contribution in [0.25, 0.3) is 0 Å². The molecule has 1 atom stereocenters. The smallest absolute Gasteiger partial charge is 0.230 e. The van der Waals surface area contributed by atoms with Gasteiger partial charge in [0.25, 0.3) is 0 Å². The van der Waals surface area contributed by atoms with E-state index in [4.69, 9.17) is 16.3 Å². The minimum atomic E-state index is -0.00582. The zero-order valence-corrected chi connectivity index (χ0v) is 20.5. The zero-order chi connectivity index (χ0) is 23.2. The molecule has 0 saturated heterocycles. The first-order valence-electron chi connectivity index (χ1n) is 11.3. The predicted octanol–water partition coefficient (Wildman–Crippen LogP) is 5.84. The average Bonchev–Trinajstić information content (AvgIpc) is 3.57. The number of nitrogens with zero attached hydrogens (tertiary/aromatic N) is 3. The molecule has 0 bridgehead atoms. The Morgan fingerprint density at radius 1 is 1.15 bits per heavy atom. The van der Waals surface area contributed by atoms with Crippen molar-refractivity contribution < 1.29 is 9.53 Å². The molecule has 2 aromatic carbocycles. The largest absolute Gasteiger partial charge is 0.484 e. The minimum Gasteiger partial charge on any atom is -0.484 e. The molecule has 4 rings (SSSR count). The first-order chi connectivity index (χ1) is 16.0. The van der Waals surface area contributed by atoms with Gasteiger partial charge in [0.05, 0.1) is 16.8 Å². The summed E-state index contributed by atoms with van der Waals surface area (Å²) in [6.07, 6.45) is 3.06. The molecule has 1 saturated carbocycles. The summed E-state index contributed by atoms with van der Waals surface area (Å²) in [6.45, 7) is 4.62. The van der Waals surface area contributed by atoms with Gasteiger partial charge < -0.3 is 10.1 Å². The van der Waals surface area contributed by atoms with Gasteiger partial charge in [0, 0.05) is 6.04 Å². The molecule has 33 heavy (non-hydrogen) atoms. The van der Waals surface area contributed by atoms with Crippen molar-refractivity contribution in [2.45, 2.75) is 57.0 Å². The van der Waals surface area contributed by atoms with Crippen LogP contribution in [0.4, 0.5) is 0 Å². The van der Waals surface area contributed by atoms with Crippen LogP contribution in [-0.2, 0) is 11.4 Å². The Kier molecular flexibility index (Phi) is 7.93. The van der Waals surface area contributed by atoms with Crippen molar-refractivity contribution in [2.24, 2.45) is 5.92 Å². The van der Waals surface area contributed by atoms with Gasteiger partial charge in [-0.05, 0) is 42.9 Å². The summed E-state index contributed by atoms with van der Waals surface area (Å²) in [5, 5.41) is 13.2. The van der Waals surface area contributed by atoms with E-state index in [0.717, 1.165) is 35.8 Å². The highest BCUT2D eigenvalue weighted by Crippen LogP contribution is 2.39. The molecule has 3 aromatic rings. The van der Waals surface area contributed by atoms with Gasteiger partial charge in [-0.1, -0.05) is 79.7 Å². The maximum atomic E-state index is 12.8. The molecule has 1 unspecified atom stereocenters. The van der Waals surface area contributed by atoms with Gasteiger partial charge in [0.2, 0.25) is 5.91 Å². The quantitative estimate of drug-likeness (QED) is 0.346. The van der Waals surface area contributed by atoms with Gasteiger partial charge in [0.1, 0.15) is 12.4 Å². The van der Waals surface area contributed by atoms with E-state index in [1.54, 1.807) is 6.07 Å². The molecule has 8 heteroatoms. The minimum absolute atomic E-state index is 0.000170. The lowest BCUT2D eigenvalue weighted by Crippen LogP contribution is -2.31. The molecule has 1 amide bonds. The van der Waals surface area contributed by atoms with Crippen LogP contribution >= 0.6 is 23.4 Å². The molecule has 0 spiro atoms. The fraction of sp³-hybridized carbons (Fsp3) is 0.400. The second kappa shape index (κ2) is 11.1. The highest BCUT2D eigenvalue weighted by molar-refractivity contribution is 7.99. The van der Waals surface area contributed by atoms with E-state index in [1.807, 2.05) is 36.4 Å². The van der Waals surface area contributed by atoms with Crippen LogP contribution in [0.3, 0.4) is 0 Å². The molecule has 1 heterocycles. The van der Waals surface area contributed by atoms with Crippen LogP contribution < -0.4 is 10.1 Å². The number of rotatable bonds is 11. The number of halogens is 1. The highest BCUT2D eigenvalue weighted by atomic mass is 35.5. The molecule has 1 aliphatic carbocycles. The fourth-order valence-electron chi connectivity index (χ4n) is 3.71. The number of carbonyl (C=O) groups is 1. The van der Waals surface area contributed by atoms with Crippen molar-refractivity contribution in [2.75, 3.05) is 5.75 Å². The molecule has 1 aromatic heterocycles. The van der Waals surface area contributed by atoms with E-state index in [1.165, 1.54) is 11.8 Å². The van der Waals surface area contributed by atoms with Gasteiger partial charge in [-0.15, -0.1) is 10.2 Å². The number of ether oxygens (including phenoxy) is 1. The Morgan fingerprint density at radius 3 is 2.58 bits per heavy atom. The van der Waals surface area contributed by atoms with E-state index in [2.05, 4.69) is 46.1 Å². The maximum Gasteiger partial charge on any atom is 0.230 e. The molecular weight excluding hydrogens is 456 g/mol. The standard InChI is InChI=1S/C25H29ClN4O2S/c1-17(2)14-21(18-8-4-3-5-9-18)27-24(31)16-33-25-29-28-23(30(25)19-12-13-19)15-32-22-11-7-6-10-20(22)26/h3-11,17,19,21H,12-16H2,1-2H3,(H,27,31). The van der Waals surface area contributed by atoms with Crippen LogP contribution in [0, 0.1) is 5.92 Å². The molecule has 1 N–H and O–H groups in total. The van der Waals surface area contributed by atoms with Gasteiger partial charge >= 0.3 is 0 Å². The van der Waals surface area contributed by atoms with Crippen molar-refractivity contribution in [3.63, 3.8) is 0 Å². The Balaban J connectivity index is 1.38. The van der Waals surface area contributed by atoms with Gasteiger partial charge in [0.15, 0.2) is 11.0 Å².